The average Bonchev–Trinajstić information content (AvgIpc) is 3.05. The van der Waals surface area contributed by atoms with Crippen molar-refractivity contribution in [3.05, 3.63) is 42.7 Å². The van der Waals surface area contributed by atoms with E-state index < -0.39 is 0 Å². The number of morpholine rings is 1. The molecule has 0 N–H and O–H groups in total. The van der Waals surface area contributed by atoms with Gasteiger partial charge in [-0.25, -0.2) is 0 Å². The van der Waals surface area contributed by atoms with E-state index in [1.165, 1.54) is 0 Å². The van der Waals surface area contributed by atoms with Gasteiger partial charge in [0.2, 0.25) is 5.91 Å². The lowest BCUT2D eigenvalue weighted by Crippen LogP contribution is -2.43. The first-order valence-corrected chi connectivity index (χ1v) is 7.22. The Morgan fingerprint density at radius 2 is 1.90 bits per heavy atom. The van der Waals surface area contributed by atoms with Crippen LogP contribution < -0.4 is 0 Å². The van der Waals surface area contributed by atoms with Gasteiger partial charge >= 0.3 is 0 Å². The molecule has 0 saturated carbocycles. The summed E-state index contributed by atoms with van der Waals surface area (Å²) >= 11 is 0. The molecule has 1 amide bonds. The second-order valence-electron chi connectivity index (χ2n) is 5.19. The molecule has 1 aliphatic heterocycles. The number of benzene rings is 1. The van der Waals surface area contributed by atoms with Crippen LogP contribution in [-0.2, 0) is 9.53 Å². The summed E-state index contributed by atoms with van der Waals surface area (Å²) in [6.07, 6.45) is 3.73. The summed E-state index contributed by atoms with van der Waals surface area (Å²) in [5.74, 6) is 0.0982. The summed E-state index contributed by atoms with van der Waals surface area (Å²) in [7, 11) is 0. The second-order valence-corrected chi connectivity index (χ2v) is 5.19. The van der Waals surface area contributed by atoms with E-state index >= 15 is 0 Å². The molecule has 0 spiro atoms. The minimum Gasteiger partial charge on any atom is -0.378 e. The van der Waals surface area contributed by atoms with Gasteiger partial charge < -0.3 is 9.64 Å². The third kappa shape index (κ3) is 2.97. The Balaban J connectivity index is 1.74. The highest BCUT2D eigenvalue weighted by atomic mass is 16.5. The Morgan fingerprint density at radius 3 is 2.62 bits per heavy atom. The molecule has 3 rings (SSSR count). The van der Waals surface area contributed by atoms with Crippen LogP contribution in [0.4, 0.5) is 0 Å². The fourth-order valence-corrected chi connectivity index (χ4v) is 2.49. The standard InChI is InChI=1S/C16H19N3O2/c1-13(16(20)18-7-9-21-10-8-18)19-12-15(11-17-19)14-5-3-2-4-6-14/h2-6,11-13H,7-10H2,1H3/t13-/m1/s1. The third-order valence-electron chi connectivity index (χ3n) is 3.79. The largest absolute Gasteiger partial charge is 0.378 e. The number of rotatable bonds is 3. The maximum atomic E-state index is 12.5. The van der Waals surface area contributed by atoms with Gasteiger partial charge in [-0.1, -0.05) is 30.3 Å². The maximum absolute atomic E-state index is 12.5. The molecule has 1 fully saturated rings. The summed E-state index contributed by atoms with van der Waals surface area (Å²) < 4.78 is 7.02. The van der Waals surface area contributed by atoms with Crippen LogP contribution in [0.25, 0.3) is 11.1 Å². The molecule has 0 bridgehead atoms. The number of nitrogens with zero attached hydrogens (tertiary/aromatic N) is 3. The Labute approximate surface area is 124 Å². The third-order valence-corrected chi connectivity index (χ3v) is 3.79. The van der Waals surface area contributed by atoms with Crippen LogP contribution in [0.1, 0.15) is 13.0 Å². The zero-order valence-electron chi connectivity index (χ0n) is 12.1. The maximum Gasteiger partial charge on any atom is 0.247 e. The molecule has 21 heavy (non-hydrogen) atoms. The van der Waals surface area contributed by atoms with E-state index in [-0.39, 0.29) is 11.9 Å². The molecule has 1 aliphatic rings. The first-order valence-electron chi connectivity index (χ1n) is 7.22. The van der Waals surface area contributed by atoms with Crippen molar-refractivity contribution in [1.29, 1.82) is 0 Å². The van der Waals surface area contributed by atoms with E-state index in [1.807, 2.05) is 48.4 Å². The van der Waals surface area contributed by atoms with E-state index in [4.69, 9.17) is 4.74 Å². The zero-order valence-corrected chi connectivity index (χ0v) is 12.1. The van der Waals surface area contributed by atoms with Crippen molar-refractivity contribution in [2.24, 2.45) is 0 Å². The molecule has 1 saturated heterocycles. The first kappa shape index (κ1) is 13.8. The van der Waals surface area contributed by atoms with Gasteiger partial charge in [0.15, 0.2) is 0 Å². The summed E-state index contributed by atoms with van der Waals surface area (Å²) in [6.45, 7) is 4.45. The molecule has 1 aromatic carbocycles. The Hall–Kier alpha value is -2.14. The normalized spacial score (nSPS) is 16.7. The molecule has 0 aliphatic carbocycles. The minimum atomic E-state index is -0.291. The molecule has 1 atom stereocenters. The van der Waals surface area contributed by atoms with Gasteiger partial charge in [0.25, 0.3) is 0 Å². The number of aromatic nitrogens is 2. The van der Waals surface area contributed by atoms with Gasteiger partial charge in [-0.2, -0.15) is 5.10 Å². The molecule has 2 heterocycles. The Kier molecular flexibility index (Phi) is 4.01. The smallest absolute Gasteiger partial charge is 0.247 e. The number of hydrogen-bond donors (Lipinski definition) is 0. The van der Waals surface area contributed by atoms with Gasteiger partial charge in [-0.05, 0) is 12.5 Å². The van der Waals surface area contributed by atoms with Gasteiger partial charge in [-0.15, -0.1) is 0 Å². The van der Waals surface area contributed by atoms with E-state index in [0.29, 0.717) is 26.3 Å². The minimum absolute atomic E-state index is 0.0982. The molecule has 110 valence electrons. The van der Waals surface area contributed by atoms with Crippen LogP contribution >= 0.6 is 0 Å². The van der Waals surface area contributed by atoms with E-state index in [1.54, 1.807) is 10.9 Å². The molecule has 1 aromatic heterocycles. The monoisotopic (exact) mass is 285 g/mol. The summed E-state index contributed by atoms with van der Waals surface area (Å²) in [6, 6.07) is 9.76. The van der Waals surface area contributed by atoms with Crippen molar-refractivity contribution in [2.75, 3.05) is 26.3 Å². The number of carbonyl (C=O) groups excluding carboxylic acids is 1. The van der Waals surface area contributed by atoms with Crippen molar-refractivity contribution in [1.82, 2.24) is 14.7 Å². The van der Waals surface area contributed by atoms with Crippen molar-refractivity contribution in [3.63, 3.8) is 0 Å². The quantitative estimate of drug-likeness (QED) is 0.866. The van der Waals surface area contributed by atoms with E-state index in [2.05, 4.69) is 5.10 Å². The van der Waals surface area contributed by atoms with Crippen molar-refractivity contribution < 1.29 is 9.53 Å². The lowest BCUT2D eigenvalue weighted by molar-refractivity contribution is -0.138. The lowest BCUT2D eigenvalue weighted by atomic mass is 10.1. The highest BCUT2D eigenvalue weighted by Gasteiger charge is 2.24. The predicted molar refractivity (Wildman–Crippen MR) is 79.8 cm³/mol. The van der Waals surface area contributed by atoms with Gasteiger partial charge in [0.05, 0.1) is 19.4 Å². The molecule has 0 unspecified atom stereocenters. The molecule has 0 radical (unpaired) electrons. The molecule has 5 nitrogen and oxygen atoms in total. The number of ether oxygens (including phenoxy) is 1. The second kappa shape index (κ2) is 6.10. The number of hydrogen-bond acceptors (Lipinski definition) is 3. The van der Waals surface area contributed by atoms with Crippen LogP contribution in [0.2, 0.25) is 0 Å². The van der Waals surface area contributed by atoms with Gasteiger partial charge in [0.1, 0.15) is 6.04 Å². The van der Waals surface area contributed by atoms with Crippen LogP contribution in [0, 0.1) is 0 Å². The highest BCUT2D eigenvalue weighted by molar-refractivity contribution is 5.80. The fourth-order valence-electron chi connectivity index (χ4n) is 2.49. The van der Waals surface area contributed by atoms with E-state index in [0.717, 1.165) is 11.1 Å². The predicted octanol–water partition coefficient (Wildman–Crippen LogP) is 1.97. The highest BCUT2D eigenvalue weighted by Crippen LogP contribution is 2.20. The Morgan fingerprint density at radius 1 is 1.19 bits per heavy atom. The summed E-state index contributed by atoms with van der Waals surface area (Å²) in [4.78, 5) is 14.3. The topological polar surface area (TPSA) is 47.4 Å². The first-order chi connectivity index (χ1) is 10.3. The molecule has 2 aromatic rings. The van der Waals surface area contributed by atoms with Crippen molar-refractivity contribution in [2.45, 2.75) is 13.0 Å². The summed E-state index contributed by atoms with van der Waals surface area (Å²) in [5, 5.41) is 4.35. The van der Waals surface area contributed by atoms with Crippen molar-refractivity contribution >= 4 is 5.91 Å². The Bertz CT molecular complexity index is 603. The fraction of sp³-hybridized carbons (Fsp3) is 0.375. The molecular formula is C16H19N3O2. The number of amides is 1. The van der Waals surface area contributed by atoms with E-state index in [9.17, 15) is 4.79 Å². The van der Waals surface area contributed by atoms with Crippen LogP contribution in [0.5, 0.6) is 0 Å². The average molecular weight is 285 g/mol. The van der Waals surface area contributed by atoms with Crippen molar-refractivity contribution in [3.8, 4) is 11.1 Å². The van der Waals surface area contributed by atoms with Crippen LogP contribution in [0.15, 0.2) is 42.7 Å². The molecular weight excluding hydrogens is 266 g/mol. The van der Waals surface area contributed by atoms with Crippen LogP contribution in [0.3, 0.4) is 0 Å². The van der Waals surface area contributed by atoms with Gasteiger partial charge in [-0.3, -0.25) is 9.48 Å². The molecule has 5 heteroatoms. The zero-order chi connectivity index (χ0) is 14.7. The SMILES string of the molecule is C[C@H](C(=O)N1CCOCC1)n1cc(-c2ccccc2)cn1. The number of carbonyl (C=O) groups is 1. The van der Waals surface area contributed by atoms with Crippen LogP contribution in [-0.4, -0.2) is 46.9 Å². The lowest BCUT2D eigenvalue weighted by Gasteiger charge is -2.29. The summed E-state index contributed by atoms with van der Waals surface area (Å²) in [5.41, 5.74) is 2.13. The van der Waals surface area contributed by atoms with Gasteiger partial charge in [0, 0.05) is 24.8 Å².